The molecule has 5 nitrogen and oxygen atoms in total. The molecule has 1 fully saturated rings. The van der Waals surface area contributed by atoms with Crippen LogP contribution in [0.15, 0.2) is 0 Å². The maximum Gasteiger partial charge on any atom is 0.223 e. The number of carbonyl (C=O) groups is 1. The molecule has 0 aromatic heterocycles. The van der Waals surface area contributed by atoms with Crippen LogP contribution in [0.4, 0.5) is 0 Å². The molecule has 17 heavy (non-hydrogen) atoms. The van der Waals surface area contributed by atoms with Gasteiger partial charge in [-0.05, 0) is 18.8 Å². The Morgan fingerprint density at radius 3 is 2.29 bits per heavy atom. The van der Waals surface area contributed by atoms with Gasteiger partial charge in [0.15, 0.2) is 0 Å². The number of hydrogen-bond donors (Lipinski definition) is 3. The van der Waals surface area contributed by atoms with Gasteiger partial charge in [0.1, 0.15) is 0 Å². The predicted molar refractivity (Wildman–Crippen MR) is 65.3 cm³/mol. The van der Waals surface area contributed by atoms with E-state index in [1.54, 1.807) is 0 Å². The van der Waals surface area contributed by atoms with E-state index in [0.29, 0.717) is 19.5 Å². The third kappa shape index (κ3) is 4.61. The van der Waals surface area contributed by atoms with Gasteiger partial charge in [-0.3, -0.25) is 4.79 Å². The minimum atomic E-state index is -0.0670. The molecular weight excluding hydrogens is 220 g/mol. The molecule has 0 bridgehead atoms. The quantitative estimate of drug-likeness (QED) is 0.599. The fourth-order valence-electron chi connectivity index (χ4n) is 2.45. The lowest BCUT2D eigenvalue weighted by Crippen LogP contribution is -2.41. The summed E-state index contributed by atoms with van der Waals surface area (Å²) in [6.45, 7) is 0.452. The minimum absolute atomic E-state index is 0.00421. The lowest BCUT2D eigenvalue weighted by Gasteiger charge is -2.30. The Balaban J connectivity index is 2.44. The zero-order valence-corrected chi connectivity index (χ0v) is 10.3. The summed E-state index contributed by atoms with van der Waals surface area (Å²) < 4.78 is 0. The molecule has 0 heterocycles. The van der Waals surface area contributed by atoms with Gasteiger partial charge >= 0.3 is 0 Å². The molecule has 0 spiro atoms. The van der Waals surface area contributed by atoms with Crippen molar-refractivity contribution in [2.45, 2.75) is 38.1 Å². The SMILES string of the molecule is NC1CCCCC1CC(=O)N(CCO)CCO. The Bertz CT molecular complexity index is 230. The molecule has 0 aromatic rings. The van der Waals surface area contributed by atoms with E-state index in [-0.39, 0.29) is 31.1 Å². The van der Waals surface area contributed by atoms with Gasteiger partial charge in [-0.15, -0.1) is 0 Å². The number of hydrogen-bond acceptors (Lipinski definition) is 4. The molecule has 2 unspecified atom stereocenters. The molecule has 1 saturated carbocycles. The Morgan fingerprint density at radius 2 is 1.76 bits per heavy atom. The first-order valence-corrected chi connectivity index (χ1v) is 6.44. The summed E-state index contributed by atoms with van der Waals surface area (Å²) >= 11 is 0. The van der Waals surface area contributed by atoms with E-state index in [0.717, 1.165) is 25.7 Å². The van der Waals surface area contributed by atoms with Crippen LogP contribution in [0.3, 0.4) is 0 Å². The van der Waals surface area contributed by atoms with E-state index in [9.17, 15) is 4.79 Å². The molecule has 1 aliphatic carbocycles. The molecule has 1 aliphatic rings. The second-order valence-electron chi connectivity index (χ2n) is 4.74. The van der Waals surface area contributed by atoms with Crippen molar-refractivity contribution >= 4 is 5.91 Å². The average Bonchev–Trinajstić information content (AvgIpc) is 2.32. The summed E-state index contributed by atoms with van der Waals surface area (Å²) in [5.74, 6) is 0.256. The van der Waals surface area contributed by atoms with Crippen LogP contribution in [0, 0.1) is 5.92 Å². The smallest absolute Gasteiger partial charge is 0.223 e. The zero-order valence-electron chi connectivity index (χ0n) is 10.3. The number of amides is 1. The largest absolute Gasteiger partial charge is 0.395 e. The summed E-state index contributed by atoms with van der Waals surface area (Å²) in [5.41, 5.74) is 6.01. The van der Waals surface area contributed by atoms with Crippen LogP contribution in [-0.2, 0) is 4.79 Å². The van der Waals surface area contributed by atoms with E-state index in [1.807, 2.05) is 0 Å². The number of aliphatic hydroxyl groups is 2. The molecule has 1 amide bonds. The third-order valence-electron chi connectivity index (χ3n) is 3.50. The molecular formula is C12H24N2O3. The van der Waals surface area contributed by atoms with E-state index in [4.69, 9.17) is 15.9 Å². The number of aliphatic hydroxyl groups excluding tert-OH is 2. The van der Waals surface area contributed by atoms with Crippen LogP contribution < -0.4 is 5.73 Å². The zero-order chi connectivity index (χ0) is 12.7. The molecule has 0 radical (unpaired) electrons. The fraction of sp³-hybridized carbons (Fsp3) is 0.917. The third-order valence-corrected chi connectivity index (χ3v) is 3.50. The van der Waals surface area contributed by atoms with Crippen molar-refractivity contribution in [3.05, 3.63) is 0 Å². The maximum atomic E-state index is 12.0. The molecule has 5 heteroatoms. The summed E-state index contributed by atoms with van der Waals surface area (Å²) in [7, 11) is 0. The topological polar surface area (TPSA) is 86.8 Å². The number of nitrogens with zero attached hydrogens (tertiary/aromatic N) is 1. The molecule has 0 saturated heterocycles. The first-order chi connectivity index (χ1) is 8.19. The van der Waals surface area contributed by atoms with E-state index >= 15 is 0 Å². The summed E-state index contributed by atoms with van der Waals surface area (Å²) in [4.78, 5) is 13.5. The number of rotatable bonds is 6. The van der Waals surface area contributed by atoms with Crippen molar-refractivity contribution in [2.24, 2.45) is 11.7 Å². The lowest BCUT2D eigenvalue weighted by atomic mass is 9.83. The average molecular weight is 244 g/mol. The highest BCUT2D eigenvalue weighted by Gasteiger charge is 2.26. The molecule has 100 valence electrons. The standard InChI is InChI=1S/C12H24N2O3/c13-11-4-2-1-3-10(11)9-12(17)14(5-7-15)6-8-16/h10-11,15-16H,1-9,13H2. The van der Waals surface area contributed by atoms with Gasteiger partial charge in [0, 0.05) is 25.6 Å². The first kappa shape index (κ1) is 14.4. The Morgan fingerprint density at radius 1 is 1.18 bits per heavy atom. The Labute approximate surface area is 103 Å². The lowest BCUT2D eigenvalue weighted by molar-refractivity contribution is -0.133. The minimum Gasteiger partial charge on any atom is -0.395 e. The van der Waals surface area contributed by atoms with Crippen LogP contribution >= 0.6 is 0 Å². The highest BCUT2D eigenvalue weighted by atomic mass is 16.3. The normalized spacial score (nSPS) is 24.6. The highest BCUT2D eigenvalue weighted by molar-refractivity contribution is 5.76. The van der Waals surface area contributed by atoms with Crippen LogP contribution in [0.5, 0.6) is 0 Å². The predicted octanol–water partition coefficient (Wildman–Crippen LogP) is -0.293. The summed E-state index contributed by atoms with van der Waals surface area (Å²) in [5, 5.41) is 17.7. The van der Waals surface area contributed by atoms with Gasteiger partial charge in [0.2, 0.25) is 5.91 Å². The van der Waals surface area contributed by atoms with Gasteiger partial charge in [0.25, 0.3) is 0 Å². The van der Waals surface area contributed by atoms with Crippen molar-refractivity contribution in [2.75, 3.05) is 26.3 Å². The van der Waals surface area contributed by atoms with E-state index in [1.165, 1.54) is 4.90 Å². The Hall–Kier alpha value is -0.650. The Kier molecular flexibility index (Phi) is 6.47. The second-order valence-corrected chi connectivity index (χ2v) is 4.74. The molecule has 0 aliphatic heterocycles. The highest BCUT2D eigenvalue weighted by Crippen LogP contribution is 2.26. The van der Waals surface area contributed by atoms with Gasteiger partial charge in [-0.1, -0.05) is 12.8 Å². The van der Waals surface area contributed by atoms with Gasteiger partial charge in [-0.2, -0.15) is 0 Å². The second kappa shape index (κ2) is 7.63. The van der Waals surface area contributed by atoms with Gasteiger partial charge in [0.05, 0.1) is 13.2 Å². The summed E-state index contributed by atoms with van der Waals surface area (Å²) in [6.07, 6.45) is 4.76. The van der Waals surface area contributed by atoms with Crippen LogP contribution in [-0.4, -0.2) is 53.4 Å². The van der Waals surface area contributed by atoms with Crippen molar-refractivity contribution in [1.29, 1.82) is 0 Å². The van der Waals surface area contributed by atoms with Crippen molar-refractivity contribution in [1.82, 2.24) is 4.90 Å². The number of nitrogens with two attached hydrogens (primary N) is 1. The molecule has 1 rings (SSSR count). The van der Waals surface area contributed by atoms with Crippen molar-refractivity contribution in [3.8, 4) is 0 Å². The van der Waals surface area contributed by atoms with Crippen LogP contribution in [0.1, 0.15) is 32.1 Å². The van der Waals surface area contributed by atoms with Gasteiger partial charge < -0.3 is 20.8 Å². The number of carbonyl (C=O) groups excluding carboxylic acids is 1. The molecule has 4 N–H and O–H groups in total. The maximum absolute atomic E-state index is 12.0. The molecule has 2 atom stereocenters. The van der Waals surface area contributed by atoms with Crippen molar-refractivity contribution < 1.29 is 15.0 Å². The van der Waals surface area contributed by atoms with E-state index in [2.05, 4.69) is 0 Å². The first-order valence-electron chi connectivity index (χ1n) is 6.44. The van der Waals surface area contributed by atoms with E-state index < -0.39 is 0 Å². The van der Waals surface area contributed by atoms with Crippen LogP contribution in [0.2, 0.25) is 0 Å². The monoisotopic (exact) mass is 244 g/mol. The van der Waals surface area contributed by atoms with Crippen molar-refractivity contribution in [3.63, 3.8) is 0 Å². The fourth-order valence-corrected chi connectivity index (χ4v) is 2.45. The summed E-state index contributed by atoms with van der Waals surface area (Å²) in [6, 6.07) is 0.123. The van der Waals surface area contributed by atoms with Gasteiger partial charge in [-0.25, -0.2) is 0 Å². The molecule has 0 aromatic carbocycles. The van der Waals surface area contributed by atoms with Crippen LogP contribution in [0.25, 0.3) is 0 Å².